The minimum absolute atomic E-state index is 0.0450. The third-order valence-corrected chi connectivity index (χ3v) is 5.83. The molecule has 2 amide bonds. The Morgan fingerprint density at radius 2 is 1.96 bits per heavy atom. The smallest absolute Gasteiger partial charge is 0.319 e. The molecule has 1 aromatic heterocycles. The molecule has 3 rings (SSSR count). The average Bonchev–Trinajstić information content (AvgIpc) is 3.13. The molecule has 2 fully saturated rings. The Morgan fingerprint density at radius 1 is 1.28 bits per heavy atom. The standard InChI is InChI=1S/C17H27N5O3/c1-11-12(2)20(5)14(18-11)8-21-6-13-7-22(16(25)19(3)4)10-17(13,9-21)15(23)24/h13H,6-10H2,1-5H3,(H,23,24)/t13-,17-/m0/s1. The first kappa shape index (κ1) is 17.7. The maximum absolute atomic E-state index is 12.2. The van der Waals surface area contributed by atoms with Gasteiger partial charge in [-0.3, -0.25) is 9.69 Å². The van der Waals surface area contributed by atoms with Gasteiger partial charge in [-0.2, -0.15) is 0 Å². The van der Waals surface area contributed by atoms with E-state index in [0.29, 0.717) is 26.2 Å². The average molecular weight is 349 g/mol. The van der Waals surface area contributed by atoms with Crippen LogP contribution >= 0.6 is 0 Å². The molecule has 0 spiro atoms. The molecule has 0 aliphatic carbocycles. The third kappa shape index (κ3) is 2.78. The summed E-state index contributed by atoms with van der Waals surface area (Å²) in [5, 5.41) is 9.90. The number of carbonyl (C=O) groups excluding carboxylic acids is 1. The Hall–Kier alpha value is -2.09. The van der Waals surface area contributed by atoms with Crippen molar-refractivity contribution in [2.24, 2.45) is 18.4 Å². The Balaban J connectivity index is 1.77. The molecule has 0 unspecified atom stereocenters. The fraction of sp³-hybridized carbons (Fsp3) is 0.706. The van der Waals surface area contributed by atoms with Gasteiger partial charge >= 0.3 is 12.0 Å². The molecule has 0 radical (unpaired) electrons. The summed E-state index contributed by atoms with van der Waals surface area (Å²) in [6.07, 6.45) is 0. The number of carboxylic acid groups (broad SMARTS) is 1. The van der Waals surface area contributed by atoms with E-state index in [0.717, 1.165) is 17.2 Å². The second-order valence-corrected chi connectivity index (χ2v) is 7.64. The van der Waals surface area contributed by atoms with Gasteiger partial charge in [-0.1, -0.05) is 0 Å². The van der Waals surface area contributed by atoms with Crippen LogP contribution in [0, 0.1) is 25.2 Å². The lowest BCUT2D eigenvalue weighted by atomic mass is 9.81. The number of hydrogen-bond acceptors (Lipinski definition) is 4. The van der Waals surface area contributed by atoms with Gasteiger partial charge in [0.25, 0.3) is 0 Å². The number of hydrogen-bond donors (Lipinski definition) is 1. The summed E-state index contributed by atoms with van der Waals surface area (Å²) in [6.45, 7) is 6.56. The zero-order valence-corrected chi connectivity index (χ0v) is 15.6. The number of likely N-dealkylation sites (tertiary alicyclic amines) is 2. The lowest BCUT2D eigenvalue weighted by Gasteiger charge is -2.27. The molecular weight excluding hydrogens is 322 g/mol. The number of fused-ring (bicyclic) bond motifs is 1. The number of rotatable bonds is 3. The maximum atomic E-state index is 12.2. The molecule has 1 aromatic rings. The first-order valence-corrected chi connectivity index (χ1v) is 8.56. The van der Waals surface area contributed by atoms with Crippen molar-refractivity contribution >= 4 is 12.0 Å². The lowest BCUT2D eigenvalue weighted by Crippen LogP contribution is -2.44. The van der Waals surface area contributed by atoms with Crippen molar-refractivity contribution in [3.63, 3.8) is 0 Å². The van der Waals surface area contributed by atoms with Crippen LogP contribution in [0.25, 0.3) is 0 Å². The van der Waals surface area contributed by atoms with E-state index in [4.69, 9.17) is 0 Å². The highest BCUT2D eigenvalue weighted by molar-refractivity contribution is 5.80. The monoisotopic (exact) mass is 349 g/mol. The number of carboxylic acids is 1. The van der Waals surface area contributed by atoms with Crippen molar-refractivity contribution in [3.05, 3.63) is 17.2 Å². The Morgan fingerprint density at radius 3 is 2.44 bits per heavy atom. The zero-order valence-electron chi connectivity index (χ0n) is 15.6. The SMILES string of the molecule is Cc1nc(CN2C[C@H]3CN(C(=O)N(C)C)C[C@@]3(C(=O)O)C2)n(C)c1C. The van der Waals surface area contributed by atoms with Crippen molar-refractivity contribution in [3.8, 4) is 0 Å². The molecule has 138 valence electrons. The first-order chi connectivity index (χ1) is 11.7. The fourth-order valence-electron chi connectivity index (χ4n) is 4.15. The topological polar surface area (TPSA) is 81.9 Å². The van der Waals surface area contributed by atoms with Gasteiger partial charge in [0.05, 0.1) is 12.2 Å². The molecule has 2 aliphatic rings. The predicted molar refractivity (Wildman–Crippen MR) is 92.2 cm³/mol. The molecule has 0 aromatic carbocycles. The maximum Gasteiger partial charge on any atom is 0.319 e. The van der Waals surface area contributed by atoms with Crippen molar-refractivity contribution in [2.75, 3.05) is 40.3 Å². The first-order valence-electron chi connectivity index (χ1n) is 8.56. The minimum Gasteiger partial charge on any atom is -0.481 e. The summed E-state index contributed by atoms with van der Waals surface area (Å²) in [4.78, 5) is 34.2. The highest BCUT2D eigenvalue weighted by atomic mass is 16.4. The number of imidazole rings is 1. The molecular formula is C17H27N5O3. The van der Waals surface area contributed by atoms with Crippen molar-refractivity contribution in [1.82, 2.24) is 24.3 Å². The molecule has 2 aliphatic heterocycles. The number of urea groups is 1. The summed E-state index contributed by atoms with van der Waals surface area (Å²) in [6, 6.07) is -0.114. The summed E-state index contributed by atoms with van der Waals surface area (Å²) in [5.74, 6) is 0.106. The fourth-order valence-corrected chi connectivity index (χ4v) is 4.15. The van der Waals surface area contributed by atoms with Gasteiger partial charge < -0.3 is 19.5 Å². The highest BCUT2D eigenvalue weighted by Gasteiger charge is 2.58. The Kier molecular flexibility index (Phi) is 4.26. The zero-order chi connectivity index (χ0) is 18.5. The van der Waals surface area contributed by atoms with Crippen molar-refractivity contribution < 1.29 is 14.7 Å². The van der Waals surface area contributed by atoms with Crippen LogP contribution in [0.3, 0.4) is 0 Å². The van der Waals surface area contributed by atoms with Crippen LogP contribution in [0.2, 0.25) is 0 Å². The van der Waals surface area contributed by atoms with Gasteiger partial charge in [0, 0.05) is 58.9 Å². The largest absolute Gasteiger partial charge is 0.481 e. The molecule has 2 atom stereocenters. The van der Waals surface area contributed by atoms with E-state index in [1.54, 1.807) is 19.0 Å². The van der Waals surface area contributed by atoms with Crippen LogP contribution in [0.5, 0.6) is 0 Å². The number of amides is 2. The summed E-state index contributed by atoms with van der Waals surface area (Å²) >= 11 is 0. The predicted octanol–water partition coefficient (Wildman–Crippen LogP) is 0.537. The second-order valence-electron chi connectivity index (χ2n) is 7.64. The van der Waals surface area contributed by atoms with Crippen LogP contribution < -0.4 is 0 Å². The summed E-state index contributed by atoms with van der Waals surface area (Å²) in [5.41, 5.74) is 1.26. The normalized spacial score (nSPS) is 26.1. The number of carbonyl (C=O) groups is 2. The molecule has 8 nitrogen and oxygen atoms in total. The number of aliphatic carboxylic acids is 1. The molecule has 3 heterocycles. The highest BCUT2D eigenvalue weighted by Crippen LogP contribution is 2.43. The van der Waals surface area contributed by atoms with E-state index >= 15 is 0 Å². The van der Waals surface area contributed by atoms with Crippen LogP contribution in [0.1, 0.15) is 17.2 Å². The van der Waals surface area contributed by atoms with Crippen LogP contribution in [0.4, 0.5) is 4.79 Å². The quantitative estimate of drug-likeness (QED) is 0.861. The number of nitrogens with zero attached hydrogens (tertiary/aromatic N) is 5. The van der Waals surface area contributed by atoms with E-state index in [9.17, 15) is 14.7 Å². The lowest BCUT2D eigenvalue weighted by molar-refractivity contribution is -0.148. The molecule has 0 saturated carbocycles. The van der Waals surface area contributed by atoms with Gasteiger partial charge in [0.2, 0.25) is 0 Å². The van der Waals surface area contributed by atoms with Gasteiger partial charge in [-0.15, -0.1) is 0 Å². The molecule has 2 saturated heterocycles. The van der Waals surface area contributed by atoms with Gasteiger partial charge in [0.15, 0.2) is 0 Å². The summed E-state index contributed by atoms with van der Waals surface area (Å²) in [7, 11) is 5.38. The van der Waals surface area contributed by atoms with Gasteiger partial charge in [-0.25, -0.2) is 9.78 Å². The number of aromatic nitrogens is 2. The number of aryl methyl sites for hydroxylation is 1. The molecule has 8 heteroatoms. The Labute approximate surface area is 148 Å². The van der Waals surface area contributed by atoms with E-state index in [-0.39, 0.29) is 18.5 Å². The van der Waals surface area contributed by atoms with Crippen molar-refractivity contribution in [1.29, 1.82) is 0 Å². The molecule has 25 heavy (non-hydrogen) atoms. The van der Waals surface area contributed by atoms with E-state index in [1.165, 1.54) is 4.90 Å². The van der Waals surface area contributed by atoms with Gasteiger partial charge in [-0.05, 0) is 13.8 Å². The minimum atomic E-state index is -0.874. The van der Waals surface area contributed by atoms with Crippen LogP contribution in [0.15, 0.2) is 0 Å². The summed E-state index contributed by atoms with van der Waals surface area (Å²) < 4.78 is 2.07. The Bertz CT molecular complexity index is 713. The van der Waals surface area contributed by atoms with Gasteiger partial charge in [0.1, 0.15) is 11.2 Å². The van der Waals surface area contributed by atoms with Crippen LogP contribution in [-0.2, 0) is 18.4 Å². The third-order valence-electron chi connectivity index (χ3n) is 5.83. The van der Waals surface area contributed by atoms with Crippen molar-refractivity contribution in [2.45, 2.75) is 20.4 Å². The van der Waals surface area contributed by atoms with E-state index in [2.05, 4.69) is 14.5 Å². The van der Waals surface area contributed by atoms with E-state index in [1.807, 2.05) is 20.9 Å². The molecule has 1 N–H and O–H groups in total. The second kappa shape index (κ2) is 6.01. The van der Waals surface area contributed by atoms with E-state index < -0.39 is 11.4 Å². The molecule has 0 bridgehead atoms. The van der Waals surface area contributed by atoms with Crippen LogP contribution in [-0.4, -0.2) is 81.6 Å².